The summed E-state index contributed by atoms with van der Waals surface area (Å²) in [5, 5.41) is 0.747. The van der Waals surface area contributed by atoms with Gasteiger partial charge in [-0.05, 0) is 70.8 Å². The van der Waals surface area contributed by atoms with Crippen molar-refractivity contribution in [1.82, 2.24) is 9.97 Å². The quantitative estimate of drug-likeness (QED) is 0.344. The molecular formula is C26H38N2O4Si. The molecule has 0 fully saturated rings. The Kier molecular flexibility index (Phi) is 7.89. The Hall–Kier alpha value is -2.54. The highest BCUT2D eigenvalue weighted by atomic mass is 28.3. The van der Waals surface area contributed by atoms with Crippen LogP contribution in [0.2, 0.25) is 11.1 Å². The molecule has 0 aliphatic rings. The van der Waals surface area contributed by atoms with Gasteiger partial charge in [-0.1, -0.05) is 33.8 Å². The van der Waals surface area contributed by atoms with Crippen molar-refractivity contribution in [3.05, 3.63) is 36.7 Å². The number of rotatable bonds is 6. The first-order chi connectivity index (χ1) is 15.1. The number of esters is 2. The number of carbonyl (C=O) groups excluding carboxylic acids is 2. The number of aromatic nitrogens is 2. The van der Waals surface area contributed by atoms with Crippen molar-refractivity contribution in [2.45, 2.75) is 80.3 Å². The summed E-state index contributed by atoms with van der Waals surface area (Å²) in [4.78, 5) is 35.2. The molecule has 0 unspecified atom stereocenters. The summed E-state index contributed by atoms with van der Waals surface area (Å²) in [5.41, 5.74) is -0.415. The van der Waals surface area contributed by atoms with E-state index in [4.69, 9.17) is 9.47 Å². The molecule has 0 radical (unpaired) electrons. The smallest absolute Gasteiger partial charge is 0.316 e. The van der Waals surface area contributed by atoms with Gasteiger partial charge in [0.2, 0.25) is 0 Å². The monoisotopic (exact) mass is 470 g/mol. The lowest BCUT2D eigenvalue weighted by Crippen LogP contribution is -2.65. The molecule has 0 saturated heterocycles. The van der Waals surface area contributed by atoms with E-state index in [-0.39, 0.29) is 23.0 Å². The van der Waals surface area contributed by atoms with Crippen LogP contribution < -0.4 is 20.1 Å². The molecule has 2 aromatic rings. The van der Waals surface area contributed by atoms with Crippen LogP contribution in [0.25, 0.3) is 0 Å². The molecule has 0 saturated carbocycles. The lowest BCUT2D eigenvalue weighted by atomic mass is 9.97. The lowest BCUT2D eigenvalue weighted by Gasteiger charge is -2.39. The van der Waals surface area contributed by atoms with Gasteiger partial charge in [-0.25, -0.2) is 9.97 Å². The lowest BCUT2D eigenvalue weighted by molar-refractivity contribution is -0.143. The fourth-order valence-electron chi connectivity index (χ4n) is 3.98. The van der Waals surface area contributed by atoms with Gasteiger partial charge in [-0.3, -0.25) is 9.59 Å². The first-order valence-corrected chi connectivity index (χ1v) is 13.6. The average molecular weight is 471 g/mol. The Labute approximate surface area is 199 Å². The van der Waals surface area contributed by atoms with Crippen molar-refractivity contribution in [2.24, 2.45) is 10.8 Å². The zero-order valence-electron chi connectivity index (χ0n) is 21.6. The van der Waals surface area contributed by atoms with Crippen molar-refractivity contribution in [1.29, 1.82) is 0 Å². The van der Waals surface area contributed by atoms with Crippen LogP contribution in [0.3, 0.4) is 0 Å². The Balaban J connectivity index is 2.92. The number of hydrogen-bond donors (Lipinski definition) is 0. The van der Waals surface area contributed by atoms with Gasteiger partial charge in [0.1, 0.15) is 16.9 Å². The maximum atomic E-state index is 12.9. The van der Waals surface area contributed by atoms with Gasteiger partial charge in [0.05, 0.1) is 10.8 Å². The molecular weight excluding hydrogens is 432 g/mol. The molecule has 1 aromatic carbocycles. The third-order valence-electron chi connectivity index (χ3n) is 5.79. The van der Waals surface area contributed by atoms with Gasteiger partial charge < -0.3 is 9.47 Å². The molecule has 6 nitrogen and oxygen atoms in total. The topological polar surface area (TPSA) is 78.4 Å². The van der Waals surface area contributed by atoms with E-state index in [1.807, 2.05) is 41.5 Å². The molecule has 0 aliphatic carbocycles. The summed E-state index contributed by atoms with van der Waals surface area (Å²) >= 11 is 0. The Morgan fingerprint density at radius 2 is 1.15 bits per heavy atom. The summed E-state index contributed by atoms with van der Waals surface area (Å²) in [6.07, 6.45) is 3.47. The summed E-state index contributed by atoms with van der Waals surface area (Å²) in [7, 11) is -2.82. The van der Waals surface area contributed by atoms with Gasteiger partial charge in [0, 0.05) is 17.6 Å². The van der Waals surface area contributed by atoms with Crippen LogP contribution in [-0.2, 0) is 9.59 Å². The standard InChI is InChI=1S/C26H38N2O4Si/c1-17(2)33(18(3)4,24-27-15-12-16-28-24)21-19(31-22(29)25(5,6)7)13-11-14-20(21)32-23(30)26(8,9)10/h11-18H,1-10H3. The molecule has 2 rings (SSSR count). The molecule has 7 heteroatoms. The summed E-state index contributed by atoms with van der Waals surface area (Å²) in [5.74, 6) is 0.117. The maximum Gasteiger partial charge on any atom is 0.316 e. The van der Waals surface area contributed by atoms with Crippen molar-refractivity contribution in [3.8, 4) is 11.5 Å². The van der Waals surface area contributed by atoms with Crippen LogP contribution >= 0.6 is 0 Å². The van der Waals surface area contributed by atoms with E-state index in [0.29, 0.717) is 11.5 Å². The highest BCUT2D eigenvalue weighted by Crippen LogP contribution is 2.37. The van der Waals surface area contributed by atoms with Crippen LogP contribution in [0.15, 0.2) is 36.7 Å². The van der Waals surface area contributed by atoms with Gasteiger partial charge in [-0.15, -0.1) is 0 Å². The van der Waals surface area contributed by atoms with E-state index in [2.05, 4.69) is 37.7 Å². The van der Waals surface area contributed by atoms with Crippen molar-refractivity contribution >= 4 is 30.6 Å². The van der Waals surface area contributed by atoms with Gasteiger partial charge in [-0.2, -0.15) is 0 Å². The zero-order valence-corrected chi connectivity index (χ0v) is 22.6. The zero-order chi connectivity index (χ0) is 25.2. The second-order valence-electron chi connectivity index (χ2n) is 11.2. The predicted molar refractivity (Wildman–Crippen MR) is 134 cm³/mol. The molecule has 0 amide bonds. The number of carbonyl (C=O) groups is 2. The summed E-state index contributed by atoms with van der Waals surface area (Å²) in [6.45, 7) is 19.4. The Morgan fingerprint density at radius 3 is 1.48 bits per heavy atom. The molecule has 0 atom stereocenters. The first kappa shape index (κ1) is 26.7. The first-order valence-electron chi connectivity index (χ1n) is 11.5. The van der Waals surface area contributed by atoms with Crippen molar-refractivity contribution < 1.29 is 19.1 Å². The fraction of sp³-hybridized carbons (Fsp3) is 0.538. The number of benzene rings is 1. The summed E-state index contributed by atoms with van der Waals surface area (Å²) < 4.78 is 12.0. The molecule has 0 N–H and O–H groups in total. The second-order valence-corrected chi connectivity index (χ2v) is 16.2. The van der Waals surface area contributed by atoms with Crippen LogP contribution in [0, 0.1) is 10.8 Å². The third kappa shape index (κ3) is 5.51. The minimum absolute atomic E-state index is 0.126. The van der Waals surface area contributed by atoms with E-state index in [0.717, 1.165) is 10.6 Å². The molecule has 180 valence electrons. The molecule has 0 bridgehead atoms. The Bertz CT molecular complexity index is 935. The van der Waals surface area contributed by atoms with Gasteiger partial charge in [0.25, 0.3) is 0 Å². The average Bonchev–Trinajstić information content (AvgIpc) is 2.69. The minimum Gasteiger partial charge on any atom is -0.426 e. The van der Waals surface area contributed by atoms with Crippen LogP contribution in [0.4, 0.5) is 0 Å². The predicted octanol–water partition coefficient (Wildman–Crippen LogP) is 4.76. The van der Waals surface area contributed by atoms with Crippen LogP contribution in [-0.4, -0.2) is 30.0 Å². The number of ether oxygens (including phenoxy) is 2. The van der Waals surface area contributed by atoms with E-state index in [9.17, 15) is 9.59 Å². The molecule has 0 spiro atoms. The van der Waals surface area contributed by atoms with Gasteiger partial charge >= 0.3 is 11.9 Å². The highest BCUT2D eigenvalue weighted by molar-refractivity contribution is 7.04. The van der Waals surface area contributed by atoms with E-state index < -0.39 is 18.9 Å². The summed E-state index contributed by atoms with van der Waals surface area (Å²) in [6, 6.07) is 7.10. The molecule has 33 heavy (non-hydrogen) atoms. The largest absolute Gasteiger partial charge is 0.426 e. The van der Waals surface area contributed by atoms with E-state index >= 15 is 0 Å². The van der Waals surface area contributed by atoms with Crippen molar-refractivity contribution in [2.75, 3.05) is 0 Å². The van der Waals surface area contributed by atoms with E-state index in [1.165, 1.54) is 0 Å². The van der Waals surface area contributed by atoms with E-state index in [1.54, 1.807) is 36.7 Å². The Morgan fingerprint density at radius 1 is 0.758 bits per heavy atom. The fourth-order valence-corrected chi connectivity index (χ4v) is 9.38. The SMILES string of the molecule is CC(C)[Si](c1ncccn1)(c1c(OC(=O)C(C)(C)C)cccc1OC(=O)C(C)(C)C)C(C)C. The normalized spacial score (nSPS) is 12.7. The maximum absolute atomic E-state index is 12.9. The highest BCUT2D eigenvalue weighted by Gasteiger charge is 2.51. The minimum atomic E-state index is -2.82. The van der Waals surface area contributed by atoms with Crippen LogP contribution in [0.5, 0.6) is 11.5 Å². The molecule has 0 aliphatic heterocycles. The van der Waals surface area contributed by atoms with Crippen LogP contribution in [0.1, 0.15) is 69.2 Å². The number of nitrogens with zero attached hydrogens (tertiary/aromatic N) is 2. The third-order valence-corrected chi connectivity index (χ3v) is 11.7. The molecule has 1 heterocycles. The second kappa shape index (κ2) is 9.75. The molecule has 1 aromatic heterocycles. The van der Waals surface area contributed by atoms with Crippen molar-refractivity contribution in [3.63, 3.8) is 0 Å². The van der Waals surface area contributed by atoms with Gasteiger partial charge in [0.15, 0.2) is 8.07 Å². The number of hydrogen-bond acceptors (Lipinski definition) is 6.